The third-order valence-corrected chi connectivity index (χ3v) is 8.80. The second-order valence-corrected chi connectivity index (χ2v) is 9.39. The Bertz CT molecular complexity index is 568. The maximum atomic E-state index is 11.1. The monoisotopic (exact) mass is 299 g/mol. The molecule has 0 unspecified atom stereocenters. The van der Waals surface area contributed by atoms with Crippen molar-refractivity contribution in [3.63, 3.8) is 0 Å². The van der Waals surface area contributed by atoms with Crippen LogP contribution in [0, 0.1) is 34.0 Å². The van der Waals surface area contributed by atoms with Crippen LogP contribution in [0.15, 0.2) is 17.1 Å². The van der Waals surface area contributed by atoms with E-state index in [0.717, 1.165) is 18.0 Å². The molecule has 5 saturated carbocycles. The highest BCUT2D eigenvalue weighted by molar-refractivity contribution is 5.68. The Kier molecular flexibility index (Phi) is 2.54. The van der Waals surface area contributed by atoms with Crippen LogP contribution in [0.1, 0.15) is 58.3 Å². The third-order valence-electron chi connectivity index (χ3n) is 8.80. The van der Waals surface area contributed by atoms with Crippen molar-refractivity contribution in [2.75, 3.05) is 6.54 Å². The van der Waals surface area contributed by atoms with Gasteiger partial charge in [0.15, 0.2) is 0 Å². The topological polar surface area (TPSA) is 32.6 Å². The summed E-state index contributed by atoms with van der Waals surface area (Å²) in [5.41, 5.74) is 2.03. The fourth-order valence-corrected chi connectivity index (χ4v) is 7.88. The van der Waals surface area contributed by atoms with Crippen LogP contribution in [-0.2, 0) is 0 Å². The van der Waals surface area contributed by atoms with E-state index in [1.807, 2.05) is 0 Å². The predicted molar refractivity (Wildman–Crippen MR) is 88.9 cm³/mol. The predicted octanol–water partition coefficient (Wildman–Crippen LogP) is 3.99. The molecule has 1 spiro atoms. The van der Waals surface area contributed by atoms with E-state index in [-0.39, 0.29) is 11.5 Å². The second kappa shape index (κ2) is 4.06. The van der Waals surface area contributed by atoms with Gasteiger partial charge in [-0.15, -0.1) is 0 Å². The van der Waals surface area contributed by atoms with Crippen LogP contribution in [0.3, 0.4) is 0 Å². The van der Waals surface area contributed by atoms with E-state index in [0.29, 0.717) is 22.7 Å². The van der Waals surface area contributed by atoms with E-state index in [2.05, 4.69) is 19.7 Å². The van der Waals surface area contributed by atoms with Crippen molar-refractivity contribution in [3.05, 3.63) is 12.2 Å². The smallest absolute Gasteiger partial charge is 0.0809 e. The van der Waals surface area contributed by atoms with Crippen LogP contribution in [0.2, 0.25) is 0 Å². The SMILES string of the molecule is C=C1[C@H]2CC[C@@]3(CC[C@H]4[C@@]5(CCC[C@@]4(C)C=NC5)[C@@H]3C2)[C@@H]1O. The molecule has 1 aliphatic heterocycles. The molecule has 0 amide bonds. The van der Waals surface area contributed by atoms with E-state index in [1.165, 1.54) is 51.4 Å². The molecule has 1 N–H and O–H groups in total. The van der Waals surface area contributed by atoms with E-state index in [9.17, 15) is 5.11 Å². The van der Waals surface area contributed by atoms with Crippen LogP contribution < -0.4 is 0 Å². The molecular weight excluding hydrogens is 270 g/mol. The number of fused-ring (bicyclic) bond motifs is 2. The first kappa shape index (κ1) is 13.8. The molecule has 0 radical (unpaired) electrons. The van der Waals surface area contributed by atoms with Crippen molar-refractivity contribution in [2.24, 2.45) is 39.0 Å². The number of hydrogen-bond acceptors (Lipinski definition) is 2. The Morgan fingerprint density at radius 2 is 1.95 bits per heavy atom. The van der Waals surface area contributed by atoms with Gasteiger partial charge >= 0.3 is 0 Å². The summed E-state index contributed by atoms with van der Waals surface area (Å²) in [6, 6.07) is 0. The zero-order chi connectivity index (χ0) is 15.2. The van der Waals surface area contributed by atoms with Gasteiger partial charge in [-0.25, -0.2) is 0 Å². The maximum Gasteiger partial charge on any atom is 0.0809 e. The van der Waals surface area contributed by atoms with Crippen molar-refractivity contribution < 1.29 is 5.11 Å². The van der Waals surface area contributed by atoms with Crippen molar-refractivity contribution in [1.82, 2.24) is 0 Å². The fourth-order valence-electron chi connectivity index (χ4n) is 7.88. The standard InChI is InChI=1S/C20H29NO/c1-13-14-4-8-19(17(13)22)9-5-15-18(2)6-3-7-20(15,12-21-11-18)16(19)10-14/h11,14-17,22H,1,3-10,12H2,2H3/t14-,15+,16+,17+,18-,19-,20-/m0/s1. The van der Waals surface area contributed by atoms with Crippen LogP contribution >= 0.6 is 0 Å². The quantitative estimate of drug-likeness (QED) is 0.674. The first-order chi connectivity index (χ1) is 10.5. The number of rotatable bonds is 0. The Hall–Kier alpha value is -0.630. The van der Waals surface area contributed by atoms with E-state index < -0.39 is 0 Å². The molecule has 0 aromatic carbocycles. The molecule has 120 valence electrons. The summed E-state index contributed by atoms with van der Waals surface area (Å²) in [5, 5.41) is 11.1. The molecule has 6 rings (SSSR count). The largest absolute Gasteiger partial charge is 0.388 e. The van der Waals surface area contributed by atoms with Crippen molar-refractivity contribution in [1.29, 1.82) is 0 Å². The lowest BCUT2D eigenvalue weighted by Crippen LogP contribution is -2.67. The Morgan fingerprint density at radius 3 is 2.82 bits per heavy atom. The summed E-state index contributed by atoms with van der Waals surface area (Å²) in [6.45, 7) is 7.77. The van der Waals surface area contributed by atoms with Gasteiger partial charge in [0.05, 0.1) is 6.10 Å². The molecule has 4 bridgehead atoms. The minimum Gasteiger partial charge on any atom is -0.388 e. The van der Waals surface area contributed by atoms with Gasteiger partial charge in [-0.3, -0.25) is 4.99 Å². The van der Waals surface area contributed by atoms with Gasteiger partial charge in [-0.2, -0.15) is 0 Å². The van der Waals surface area contributed by atoms with Crippen molar-refractivity contribution in [3.8, 4) is 0 Å². The number of aliphatic hydroxyl groups is 1. The summed E-state index contributed by atoms with van der Waals surface area (Å²) >= 11 is 0. The maximum absolute atomic E-state index is 11.1. The normalized spacial score (nSPS) is 59.1. The lowest BCUT2D eigenvalue weighted by Gasteiger charge is -2.70. The first-order valence-electron chi connectivity index (χ1n) is 9.40. The molecule has 5 aliphatic carbocycles. The number of aliphatic imine (C=N–C) groups is 1. The third kappa shape index (κ3) is 1.36. The van der Waals surface area contributed by atoms with E-state index >= 15 is 0 Å². The van der Waals surface area contributed by atoms with Gasteiger partial charge in [0, 0.05) is 23.6 Å². The minimum atomic E-state index is -0.237. The number of aliphatic hydroxyl groups excluding tert-OH is 1. The zero-order valence-electron chi connectivity index (χ0n) is 13.9. The highest BCUT2D eigenvalue weighted by atomic mass is 16.3. The van der Waals surface area contributed by atoms with Crippen LogP contribution in [0.25, 0.3) is 0 Å². The summed E-state index contributed by atoms with van der Waals surface area (Å²) in [6.07, 6.45) is 12.4. The average Bonchev–Trinajstić information content (AvgIpc) is 2.50. The second-order valence-electron chi connectivity index (χ2n) is 9.39. The minimum absolute atomic E-state index is 0.146. The summed E-state index contributed by atoms with van der Waals surface area (Å²) in [5.74, 6) is 2.07. The molecule has 0 saturated heterocycles. The van der Waals surface area contributed by atoms with Crippen LogP contribution in [0.5, 0.6) is 0 Å². The van der Waals surface area contributed by atoms with Gasteiger partial charge in [-0.05, 0) is 73.7 Å². The highest BCUT2D eigenvalue weighted by Gasteiger charge is 2.68. The van der Waals surface area contributed by atoms with Gasteiger partial charge < -0.3 is 5.11 Å². The van der Waals surface area contributed by atoms with E-state index in [4.69, 9.17) is 4.99 Å². The van der Waals surface area contributed by atoms with Gasteiger partial charge in [0.2, 0.25) is 0 Å². The van der Waals surface area contributed by atoms with Gasteiger partial charge in [0.25, 0.3) is 0 Å². The molecule has 7 atom stereocenters. The number of nitrogens with zero attached hydrogens (tertiary/aromatic N) is 1. The molecule has 2 nitrogen and oxygen atoms in total. The van der Waals surface area contributed by atoms with Crippen molar-refractivity contribution in [2.45, 2.75) is 64.4 Å². The Balaban J connectivity index is 1.65. The molecule has 0 aromatic rings. The average molecular weight is 299 g/mol. The lowest BCUT2D eigenvalue weighted by molar-refractivity contribution is -0.201. The lowest BCUT2D eigenvalue weighted by atomic mass is 9.35. The molecule has 0 aromatic heterocycles. The van der Waals surface area contributed by atoms with Gasteiger partial charge in [-0.1, -0.05) is 19.9 Å². The summed E-state index contributed by atoms with van der Waals surface area (Å²) in [7, 11) is 0. The first-order valence-corrected chi connectivity index (χ1v) is 9.40. The zero-order valence-corrected chi connectivity index (χ0v) is 13.9. The number of hydrogen-bond donors (Lipinski definition) is 1. The van der Waals surface area contributed by atoms with Crippen molar-refractivity contribution >= 4 is 6.21 Å². The molecule has 22 heavy (non-hydrogen) atoms. The highest BCUT2D eigenvalue weighted by Crippen LogP contribution is 2.72. The molecule has 5 fully saturated rings. The van der Waals surface area contributed by atoms with Crippen LogP contribution in [-0.4, -0.2) is 24.0 Å². The summed E-state index contributed by atoms with van der Waals surface area (Å²) < 4.78 is 0. The summed E-state index contributed by atoms with van der Waals surface area (Å²) in [4.78, 5) is 4.89. The van der Waals surface area contributed by atoms with E-state index in [1.54, 1.807) is 0 Å². The molecule has 6 aliphatic rings. The Morgan fingerprint density at radius 1 is 1.14 bits per heavy atom. The van der Waals surface area contributed by atoms with Crippen LogP contribution in [0.4, 0.5) is 0 Å². The molecule has 2 heteroatoms. The molecule has 1 heterocycles. The fraction of sp³-hybridized carbons (Fsp3) is 0.850. The van der Waals surface area contributed by atoms with Gasteiger partial charge in [0.1, 0.15) is 0 Å². The Labute approximate surface area is 134 Å². The molecular formula is C20H29NO.